The third-order valence-electron chi connectivity index (χ3n) is 8.85. The van der Waals surface area contributed by atoms with Crippen LogP contribution in [-0.4, -0.2) is 67.8 Å². The molecule has 1 amide bonds. The molecule has 54 heavy (non-hydrogen) atoms. The number of alkyl halides is 6. The second kappa shape index (κ2) is 15.4. The molecule has 2 aromatic heterocycles. The van der Waals surface area contributed by atoms with E-state index in [1.54, 1.807) is 6.92 Å². The van der Waals surface area contributed by atoms with Crippen molar-refractivity contribution in [1.29, 1.82) is 0 Å². The first-order chi connectivity index (χ1) is 25.3. The van der Waals surface area contributed by atoms with Crippen LogP contribution < -0.4 is 15.4 Å². The van der Waals surface area contributed by atoms with Crippen molar-refractivity contribution < 1.29 is 60.7 Å². The van der Waals surface area contributed by atoms with E-state index in [1.165, 1.54) is 43.5 Å². The minimum Gasteiger partial charge on any atom is -0.481 e. The van der Waals surface area contributed by atoms with Crippen molar-refractivity contribution in [2.75, 3.05) is 18.6 Å². The van der Waals surface area contributed by atoms with Gasteiger partial charge in [-0.3, -0.25) is 4.90 Å². The second-order valence-electron chi connectivity index (χ2n) is 12.4. The lowest BCUT2D eigenvalue weighted by Crippen LogP contribution is -2.61. The summed E-state index contributed by atoms with van der Waals surface area (Å²) in [5.74, 6) is -2.19. The number of methoxy groups -OCH3 is 1. The molecule has 12 nitrogen and oxygen atoms in total. The summed E-state index contributed by atoms with van der Waals surface area (Å²) >= 11 is 6.01. The first-order valence-electron chi connectivity index (χ1n) is 16.1. The molecule has 1 aliphatic heterocycles. The van der Waals surface area contributed by atoms with Gasteiger partial charge in [-0.05, 0) is 60.9 Å². The summed E-state index contributed by atoms with van der Waals surface area (Å²) in [6.07, 6.45) is -15.3. The number of hydrogen-bond donors (Lipinski definition) is 4. The van der Waals surface area contributed by atoms with Gasteiger partial charge in [0.25, 0.3) is 0 Å². The number of aliphatic hydroxyl groups is 2. The van der Waals surface area contributed by atoms with Crippen LogP contribution in [0.5, 0.6) is 5.88 Å². The number of nitrogens with two attached hydrogens (primary N) is 1. The zero-order valence-electron chi connectivity index (χ0n) is 28.3. The average Bonchev–Trinajstić information content (AvgIpc) is 3.12. The average molecular weight is 784 g/mol. The molecule has 1 aliphatic rings. The van der Waals surface area contributed by atoms with Gasteiger partial charge in [0.05, 0.1) is 53.4 Å². The maximum atomic E-state index is 13.9. The first-order valence-corrected chi connectivity index (χ1v) is 16.4. The zero-order valence-corrected chi connectivity index (χ0v) is 29.1. The molecule has 19 heteroatoms. The lowest BCUT2D eigenvalue weighted by molar-refractivity contribution is -0.143. The highest BCUT2D eigenvalue weighted by molar-refractivity contribution is 6.30. The second-order valence-corrected chi connectivity index (χ2v) is 12.8. The number of esters is 1. The van der Waals surface area contributed by atoms with Crippen molar-refractivity contribution >= 4 is 29.4 Å². The molecular formula is C35H32ClF6N5O7. The summed E-state index contributed by atoms with van der Waals surface area (Å²) in [5.41, 5.74) is 0.750. The number of halogens is 7. The minimum absolute atomic E-state index is 0.0369. The molecule has 2 aromatic carbocycles. The number of fused-ring (bicyclic) bond motifs is 1. The highest BCUT2D eigenvalue weighted by Crippen LogP contribution is 2.45. The molecule has 288 valence electrons. The van der Waals surface area contributed by atoms with Gasteiger partial charge < -0.3 is 30.5 Å². The smallest absolute Gasteiger partial charge is 0.416 e. The molecule has 0 saturated heterocycles. The van der Waals surface area contributed by atoms with Gasteiger partial charge in [-0.25, -0.2) is 24.5 Å². The Labute approximate surface area is 308 Å². The van der Waals surface area contributed by atoms with Gasteiger partial charge in [-0.2, -0.15) is 26.3 Å². The number of aliphatic hydroxyl groups excluding tert-OH is 2. The molecular weight excluding hydrogens is 752 g/mol. The molecule has 0 aliphatic carbocycles. The number of benzene rings is 2. The van der Waals surface area contributed by atoms with E-state index in [9.17, 15) is 51.3 Å². The molecule has 0 fully saturated rings. The quantitative estimate of drug-likeness (QED) is 0.102. The van der Waals surface area contributed by atoms with E-state index in [-0.39, 0.29) is 63.8 Å². The predicted molar refractivity (Wildman–Crippen MR) is 179 cm³/mol. The molecule has 5 N–H and O–H groups in total. The Kier molecular flexibility index (Phi) is 11.4. The minimum atomic E-state index is -5.19. The number of ether oxygens (including phenoxy) is 2. The van der Waals surface area contributed by atoms with Gasteiger partial charge in [0, 0.05) is 29.3 Å². The lowest BCUT2D eigenvalue weighted by atomic mass is 9.83. The first kappa shape index (κ1) is 40.2. The van der Waals surface area contributed by atoms with Crippen molar-refractivity contribution in [2.45, 2.75) is 62.3 Å². The fourth-order valence-corrected chi connectivity index (χ4v) is 6.34. The van der Waals surface area contributed by atoms with Crippen molar-refractivity contribution in [1.82, 2.24) is 15.0 Å². The molecule has 4 atom stereocenters. The molecule has 0 spiro atoms. The van der Waals surface area contributed by atoms with Crippen LogP contribution in [-0.2, 0) is 23.5 Å². The van der Waals surface area contributed by atoms with Crippen LogP contribution in [0.1, 0.15) is 81.6 Å². The predicted octanol–water partition coefficient (Wildman–Crippen LogP) is 6.50. The number of carbonyl (C=O) groups excluding carboxylic acids is 1. The normalized spacial score (nSPS) is 18.4. The van der Waals surface area contributed by atoms with Crippen LogP contribution in [0.25, 0.3) is 0 Å². The topological polar surface area (TPSA) is 181 Å². The van der Waals surface area contributed by atoms with E-state index in [1.807, 2.05) is 0 Å². The highest BCUT2D eigenvalue weighted by atomic mass is 35.5. The Hall–Kier alpha value is -5.04. The van der Waals surface area contributed by atoms with Gasteiger partial charge in [0.15, 0.2) is 6.10 Å². The Morgan fingerprint density at radius 1 is 1.06 bits per heavy atom. The largest absolute Gasteiger partial charge is 0.481 e. The van der Waals surface area contributed by atoms with Crippen LogP contribution in [0.2, 0.25) is 5.02 Å². The molecule has 4 aromatic rings. The highest BCUT2D eigenvalue weighted by Gasteiger charge is 2.47. The Morgan fingerprint density at radius 3 is 2.28 bits per heavy atom. The monoisotopic (exact) mass is 783 g/mol. The van der Waals surface area contributed by atoms with E-state index in [0.717, 1.165) is 11.1 Å². The van der Waals surface area contributed by atoms with E-state index in [0.29, 0.717) is 12.1 Å². The number of amides is 1. The maximum absolute atomic E-state index is 13.9. The molecule has 0 bridgehead atoms. The fraction of sp³-hybridized carbons (Fsp3) is 0.343. The number of hydrogen-bond acceptors (Lipinski definition) is 10. The summed E-state index contributed by atoms with van der Waals surface area (Å²) in [6, 6.07) is 9.19. The molecule has 0 saturated carbocycles. The zero-order chi connectivity index (χ0) is 39.7. The summed E-state index contributed by atoms with van der Waals surface area (Å²) in [6.45, 7) is 0.610. The van der Waals surface area contributed by atoms with Gasteiger partial charge in [-0.1, -0.05) is 24.6 Å². The fourth-order valence-electron chi connectivity index (χ4n) is 6.15. The van der Waals surface area contributed by atoms with Gasteiger partial charge in [0.2, 0.25) is 5.88 Å². The summed E-state index contributed by atoms with van der Waals surface area (Å²) in [7, 11) is 1.31. The third kappa shape index (κ3) is 8.36. The van der Waals surface area contributed by atoms with Crippen LogP contribution in [0.15, 0.2) is 60.8 Å². The van der Waals surface area contributed by atoms with Crippen LogP contribution in [0.4, 0.5) is 36.8 Å². The lowest BCUT2D eigenvalue weighted by Gasteiger charge is -2.45. The van der Waals surface area contributed by atoms with Crippen LogP contribution in [0.3, 0.4) is 0 Å². The molecule has 5 rings (SSSR count). The Balaban J connectivity index is 1.74. The SMILES string of the molecule is CC[C@]1(N)C[C@H](c2ncc(C(OC(=O)c3cccc(Cl)c3)C(O)CO)c(Cc3cc(C(F)(F)F)cc(C(F)(F)F)c3)n2)c2nc(OC)ccc2N1C(=O)O. The number of anilines is 1. The van der Waals surface area contributed by atoms with E-state index >= 15 is 0 Å². The molecule has 3 heterocycles. The van der Waals surface area contributed by atoms with Gasteiger partial charge in [-0.15, -0.1) is 0 Å². The number of carbonyl (C=O) groups is 2. The number of pyridine rings is 1. The Bertz CT molecular complexity index is 2020. The van der Waals surface area contributed by atoms with Crippen molar-refractivity contribution in [3.63, 3.8) is 0 Å². The number of nitrogens with zero attached hydrogens (tertiary/aromatic N) is 4. The molecule has 2 unspecified atom stereocenters. The Morgan fingerprint density at radius 2 is 1.72 bits per heavy atom. The summed E-state index contributed by atoms with van der Waals surface area (Å²) < 4.78 is 94.1. The number of aromatic nitrogens is 3. The number of carboxylic acid groups (broad SMARTS) is 1. The third-order valence-corrected chi connectivity index (χ3v) is 9.09. The summed E-state index contributed by atoms with van der Waals surface area (Å²) in [5, 5.41) is 31.1. The van der Waals surface area contributed by atoms with Gasteiger partial charge >= 0.3 is 24.4 Å². The molecule has 0 radical (unpaired) electrons. The summed E-state index contributed by atoms with van der Waals surface area (Å²) in [4.78, 5) is 40.0. The van der Waals surface area contributed by atoms with Crippen molar-refractivity contribution in [3.8, 4) is 5.88 Å². The van der Waals surface area contributed by atoms with Crippen LogP contribution in [0, 0.1) is 0 Å². The number of rotatable bonds is 10. The van der Waals surface area contributed by atoms with E-state index < -0.39 is 77.9 Å². The maximum Gasteiger partial charge on any atom is 0.416 e. The van der Waals surface area contributed by atoms with E-state index in [2.05, 4.69) is 15.0 Å². The standard InChI is InChI=1S/C35H32ClF6N5O7/c1-3-33(43)14-22(28-25(47(33)32(51)52)7-8-27(46-28)53-2)30-44-15-23(29(26(49)16-48)54-31(50)18-5-4-6-21(36)12-18)24(45-30)11-17-9-19(34(37,38)39)13-20(10-17)35(40,41)42/h4-10,12-13,15,22,26,29,48-49H,3,11,14,16,43H2,1-2H3,(H,51,52)/t22-,26?,29?,33+/m0/s1. The van der Waals surface area contributed by atoms with Crippen molar-refractivity contribution in [3.05, 3.63) is 111 Å². The van der Waals surface area contributed by atoms with Gasteiger partial charge in [0.1, 0.15) is 17.6 Å². The van der Waals surface area contributed by atoms with Crippen LogP contribution >= 0.6 is 11.6 Å². The van der Waals surface area contributed by atoms with Crippen molar-refractivity contribution in [2.24, 2.45) is 5.73 Å². The van der Waals surface area contributed by atoms with E-state index in [4.69, 9.17) is 26.8 Å².